The van der Waals surface area contributed by atoms with Gasteiger partial charge in [0.25, 0.3) is 5.56 Å². The molecule has 0 aliphatic heterocycles. The van der Waals surface area contributed by atoms with Gasteiger partial charge in [0.2, 0.25) is 0 Å². The summed E-state index contributed by atoms with van der Waals surface area (Å²) in [5.74, 6) is 0.473. The Kier molecular flexibility index (Phi) is 5.99. The number of halogens is 1. The van der Waals surface area contributed by atoms with Crippen molar-refractivity contribution >= 4 is 39.7 Å². The molecule has 34 heavy (non-hydrogen) atoms. The smallest absolute Gasteiger partial charge is 0.261 e. The second-order valence-electron chi connectivity index (χ2n) is 8.80. The number of nitrogens with zero attached hydrogens (tertiary/aromatic N) is 3. The van der Waals surface area contributed by atoms with Crippen molar-refractivity contribution in [1.82, 2.24) is 14.8 Å². The lowest BCUT2D eigenvalue weighted by Gasteiger charge is -2.40. The Hall–Kier alpha value is -3.76. The van der Waals surface area contributed by atoms with Gasteiger partial charge >= 0.3 is 0 Å². The average Bonchev–Trinajstić information content (AvgIpc) is 3.23. The van der Waals surface area contributed by atoms with Gasteiger partial charge < -0.3 is 15.6 Å². The summed E-state index contributed by atoms with van der Waals surface area (Å²) in [6.45, 7) is 0. The quantitative estimate of drug-likeness (QED) is 0.330. The van der Waals surface area contributed by atoms with E-state index in [1.807, 2.05) is 41.1 Å². The van der Waals surface area contributed by atoms with Gasteiger partial charge in [0.15, 0.2) is 5.82 Å². The summed E-state index contributed by atoms with van der Waals surface area (Å²) >= 11 is 6.02. The molecule has 0 radical (unpaired) electrons. The van der Waals surface area contributed by atoms with Crippen molar-refractivity contribution in [1.29, 1.82) is 5.26 Å². The Morgan fingerprint density at radius 3 is 2.53 bits per heavy atom. The lowest BCUT2D eigenvalue weighted by molar-refractivity contribution is 0.177. The monoisotopic (exact) mass is 472 g/mol. The van der Waals surface area contributed by atoms with Crippen molar-refractivity contribution in [3.63, 3.8) is 0 Å². The summed E-state index contributed by atoms with van der Waals surface area (Å²) in [5.41, 5.74) is 1.92. The van der Waals surface area contributed by atoms with Crippen LogP contribution in [0, 0.1) is 11.3 Å². The van der Waals surface area contributed by atoms with Crippen LogP contribution in [0.2, 0.25) is 5.02 Å². The predicted molar refractivity (Wildman–Crippen MR) is 136 cm³/mol. The van der Waals surface area contributed by atoms with Crippen LogP contribution in [-0.2, 0) is 5.54 Å². The van der Waals surface area contributed by atoms with Crippen molar-refractivity contribution in [2.45, 2.75) is 43.7 Å². The summed E-state index contributed by atoms with van der Waals surface area (Å²) in [5, 5.41) is 22.6. The third-order valence-electron chi connectivity index (χ3n) is 6.63. The summed E-state index contributed by atoms with van der Waals surface area (Å²) in [6, 6.07) is 22.0. The molecule has 2 heterocycles. The molecular formula is C26H25ClN6O. The first-order chi connectivity index (χ1) is 16.6. The van der Waals surface area contributed by atoms with E-state index < -0.39 is 5.54 Å². The lowest BCUT2D eigenvalue weighted by Crippen LogP contribution is -2.41. The third kappa shape index (κ3) is 4.25. The molecule has 0 atom stereocenters. The summed E-state index contributed by atoms with van der Waals surface area (Å²) in [7, 11) is 0. The number of para-hydroxylation sites is 1. The van der Waals surface area contributed by atoms with Crippen molar-refractivity contribution in [3.8, 4) is 6.07 Å². The molecule has 0 unspecified atom stereocenters. The number of aromatic amines is 1. The molecule has 8 heteroatoms. The molecule has 0 amide bonds. The maximum absolute atomic E-state index is 12.8. The fraction of sp³-hybridized carbons (Fsp3) is 0.269. The standard InChI is InChI=1S/C26H25ClN6O/c27-18-6-8-20(9-7-18)31-24-23-22(12-17-29-25(23)34)33(32-24)26(15-16-28)13-10-21(11-14-26)30-19-4-2-1-3-5-19/h1-9,12,17,21,30H,10-11,13-15H2,(H,29,34)(H,31,32)/t21-,26-. The van der Waals surface area contributed by atoms with E-state index in [1.165, 1.54) is 0 Å². The number of aromatic nitrogens is 3. The van der Waals surface area contributed by atoms with Gasteiger partial charge in [0.05, 0.1) is 23.5 Å². The first-order valence-electron chi connectivity index (χ1n) is 11.4. The van der Waals surface area contributed by atoms with Gasteiger partial charge in [-0.1, -0.05) is 29.8 Å². The van der Waals surface area contributed by atoms with E-state index in [9.17, 15) is 10.1 Å². The molecule has 1 saturated carbocycles. The lowest BCUT2D eigenvalue weighted by atomic mass is 9.77. The minimum Gasteiger partial charge on any atom is -0.382 e. The number of nitrogens with one attached hydrogen (secondary N) is 3. The largest absolute Gasteiger partial charge is 0.382 e. The van der Waals surface area contributed by atoms with Crippen molar-refractivity contribution in [2.24, 2.45) is 0 Å². The zero-order valence-corrected chi connectivity index (χ0v) is 19.3. The van der Waals surface area contributed by atoms with Crippen molar-refractivity contribution < 1.29 is 0 Å². The van der Waals surface area contributed by atoms with Gasteiger partial charge in [0.1, 0.15) is 5.39 Å². The molecule has 0 saturated heterocycles. The number of hydrogen-bond acceptors (Lipinski definition) is 5. The molecule has 1 aliphatic carbocycles. The Morgan fingerprint density at radius 2 is 1.82 bits per heavy atom. The maximum atomic E-state index is 12.8. The molecule has 0 bridgehead atoms. The summed E-state index contributed by atoms with van der Waals surface area (Å²) < 4.78 is 1.91. The molecule has 2 aromatic heterocycles. The van der Waals surface area contributed by atoms with Crippen molar-refractivity contribution in [3.05, 3.63) is 82.2 Å². The van der Waals surface area contributed by atoms with E-state index in [0.717, 1.165) is 42.6 Å². The normalized spacial score (nSPS) is 20.1. The molecule has 7 nitrogen and oxygen atoms in total. The number of anilines is 3. The van der Waals surface area contributed by atoms with Crippen LogP contribution in [0.1, 0.15) is 32.1 Å². The second kappa shape index (κ2) is 9.24. The minimum atomic E-state index is -0.477. The number of pyridine rings is 1. The Balaban J connectivity index is 1.49. The van der Waals surface area contributed by atoms with Crippen LogP contribution >= 0.6 is 11.6 Å². The Bertz CT molecular complexity index is 1380. The maximum Gasteiger partial charge on any atom is 0.261 e. The van der Waals surface area contributed by atoms with Gasteiger partial charge in [-0.05, 0) is 68.1 Å². The minimum absolute atomic E-state index is 0.216. The molecule has 1 fully saturated rings. The number of H-pyrrole nitrogens is 1. The molecule has 0 spiro atoms. The van der Waals surface area contributed by atoms with Crippen LogP contribution in [0.5, 0.6) is 0 Å². The van der Waals surface area contributed by atoms with Crippen LogP contribution in [0.15, 0.2) is 71.7 Å². The molecular weight excluding hydrogens is 448 g/mol. The molecule has 3 N–H and O–H groups in total. The van der Waals surface area contributed by atoms with E-state index in [-0.39, 0.29) is 5.56 Å². The summed E-state index contributed by atoms with van der Waals surface area (Å²) in [6.07, 6.45) is 5.35. The first-order valence-corrected chi connectivity index (χ1v) is 11.8. The number of fused-ring (bicyclic) bond motifs is 1. The molecule has 1 aliphatic rings. The van der Waals surface area contributed by atoms with Crippen LogP contribution in [-0.4, -0.2) is 20.8 Å². The molecule has 2 aromatic carbocycles. The summed E-state index contributed by atoms with van der Waals surface area (Å²) in [4.78, 5) is 15.6. The van der Waals surface area contributed by atoms with Gasteiger partial charge in [-0.25, -0.2) is 0 Å². The van der Waals surface area contributed by atoms with Crippen molar-refractivity contribution in [2.75, 3.05) is 10.6 Å². The topological polar surface area (TPSA) is 98.5 Å². The van der Waals surface area contributed by atoms with E-state index in [4.69, 9.17) is 16.7 Å². The highest BCUT2D eigenvalue weighted by atomic mass is 35.5. The number of rotatable bonds is 6. The first kappa shape index (κ1) is 22.1. The van der Waals surface area contributed by atoms with E-state index in [0.29, 0.717) is 28.7 Å². The van der Waals surface area contributed by atoms with Crippen LogP contribution < -0.4 is 16.2 Å². The fourth-order valence-corrected chi connectivity index (χ4v) is 5.00. The number of nitriles is 1. The Morgan fingerprint density at radius 1 is 1.09 bits per heavy atom. The molecule has 172 valence electrons. The second-order valence-corrected chi connectivity index (χ2v) is 9.24. The SMILES string of the molecule is N#CC[C@]1(n2nc(Nc3ccc(Cl)cc3)c3c(=O)[nH]ccc32)CC[C@H](Nc2ccccc2)CC1. The fourth-order valence-electron chi connectivity index (χ4n) is 4.88. The van der Waals surface area contributed by atoms with Gasteiger partial charge in [-0.2, -0.15) is 10.4 Å². The van der Waals surface area contributed by atoms with E-state index in [2.05, 4.69) is 33.8 Å². The van der Waals surface area contributed by atoms with Crippen LogP contribution in [0.4, 0.5) is 17.2 Å². The van der Waals surface area contributed by atoms with Crippen LogP contribution in [0.3, 0.4) is 0 Å². The average molecular weight is 473 g/mol. The number of hydrogen-bond donors (Lipinski definition) is 3. The zero-order chi connectivity index (χ0) is 23.5. The van der Waals surface area contributed by atoms with E-state index in [1.54, 1.807) is 18.3 Å². The van der Waals surface area contributed by atoms with Gasteiger partial charge in [0, 0.05) is 28.6 Å². The predicted octanol–water partition coefficient (Wildman–Crippen LogP) is 5.79. The molecule has 4 aromatic rings. The van der Waals surface area contributed by atoms with Gasteiger partial charge in [-0.15, -0.1) is 0 Å². The number of benzene rings is 2. The third-order valence-corrected chi connectivity index (χ3v) is 6.88. The van der Waals surface area contributed by atoms with Crippen LogP contribution in [0.25, 0.3) is 10.9 Å². The molecule has 5 rings (SSSR count). The highest BCUT2D eigenvalue weighted by molar-refractivity contribution is 6.30. The van der Waals surface area contributed by atoms with Gasteiger partial charge in [-0.3, -0.25) is 9.48 Å². The highest BCUT2D eigenvalue weighted by Crippen LogP contribution is 2.41. The zero-order valence-electron chi connectivity index (χ0n) is 18.6. The Labute approximate surface area is 202 Å². The van der Waals surface area contributed by atoms with E-state index >= 15 is 0 Å². The highest BCUT2D eigenvalue weighted by Gasteiger charge is 2.39.